The average molecular weight is 393 g/mol. The molecule has 4 heteroatoms. The number of hydrogen-bond donors (Lipinski definition) is 2. The van der Waals surface area contributed by atoms with Crippen molar-refractivity contribution in [2.75, 3.05) is 13.7 Å². The molecular formula is C24H40O4. The highest BCUT2D eigenvalue weighted by Gasteiger charge is 2.43. The van der Waals surface area contributed by atoms with E-state index in [2.05, 4.69) is 25.1 Å². The maximum atomic E-state index is 10.4. The topological polar surface area (TPSA) is 58.9 Å². The van der Waals surface area contributed by atoms with E-state index in [-0.39, 0.29) is 6.61 Å². The summed E-state index contributed by atoms with van der Waals surface area (Å²) in [6, 6.07) is 12.3. The van der Waals surface area contributed by atoms with Gasteiger partial charge in [-0.15, -0.1) is 0 Å². The molecule has 0 amide bonds. The first-order valence-electron chi connectivity index (χ1n) is 10.7. The molecule has 0 radical (unpaired) electrons. The van der Waals surface area contributed by atoms with Crippen LogP contribution in [0.4, 0.5) is 0 Å². The number of ether oxygens (including phenoxy) is 2. The van der Waals surface area contributed by atoms with Crippen molar-refractivity contribution in [3.63, 3.8) is 0 Å². The van der Waals surface area contributed by atoms with E-state index in [9.17, 15) is 10.2 Å². The van der Waals surface area contributed by atoms with Gasteiger partial charge in [-0.2, -0.15) is 0 Å². The quantitative estimate of drug-likeness (QED) is 0.742. The van der Waals surface area contributed by atoms with Crippen molar-refractivity contribution >= 4 is 10.8 Å². The smallest absolute Gasteiger partial charge is 0.113 e. The molecule has 0 saturated carbocycles. The van der Waals surface area contributed by atoms with Crippen LogP contribution in [0.2, 0.25) is 0 Å². The Morgan fingerprint density at radius 2 is 1.43 bits per heavy atom. The summed E-state index contributed by atoms with van der Waals surface area (Å²) in [5.41, 5.74) is 2.08. The molecule has 2 N–H and O–H groups in total. The molecule has 4 atom stereocenters. The minimum Gasteiger partial charge on any atom is -0.387 e. The van der Waals surface area contributed by atoms with E-state index in [0.29, 0.717) is 0 Å². The Labute approximate surface area is 171 Å². The first kappa shape index (κ1) is 26.5. The van der Waals surface area contributed by atoms with E-state index >= 15 is 0 Å². The van der Waals surface area contributed by atoms with E-state index in [1.54, 1.807) is 7.11 Å². The van der Waals surface area contributed by atoms with Gasteiger partial charge in [0.2, 0.25) is 0 Å². The van der Waals surface area contributed by atoms with Crippen LogP contribution in [0.25, 0.3) is 10.8 Å². The minimum atomic E-state index is -0.938. The molecule has 0 aromatic heterocycles. The fourth-order valence-corrected chi connectivity index (χ4v) is 3.18. The van der Waals surface area contributed by atoms with Gasteiger partial charge in [0.15, 0.2) is 0 Å². The minimum absolute atomic E-state index is 0.268. The third kappa shape index (κ3) is 6.28. The number of aliphatic hydroxyl groups excluding tert-OH is 2. The fourth-order valence-electron chi connectivity index (χ4n) is 3.18. The van der Waals surface area contributed by atoms with Crippen LogP contribution < -0.4 is 0 Å². The summed E-state index contributed by atoms with van der Waals surface area (Å²) in [5, 5.41) is 22.8. The highest BCUT2D eigenvalue weighted by atomic mass is 16.6. The van der Waals surface area contributed by atoms with Crippen molar-refractivity contribution in [2.45, 2.75) is 79.3 Å². The van der Waals surface area contributed by atoms with Crippen LogP contribution in [-0.4, -0.2) is 42.2 Å². The van der Waals surface area contributed by atoms with Crippen LogP contribution >= 0.6 is 0 Å². The summed E-state index contributed by atoms with van der Waals surface area (Å²) in [6.07, 6.45) is -2.04. The second-order valence-corrected chi connectivity index (χ2v) is 5.78. The summed E-state index contributed by atoms with van der Waals surface area (Å²) >= 11 is 0. The number of benzene rings is 2. The predicted octanol–water partition coefficient (Wildman–Crippen LogP) is 5.29. The molecule has 1 aliphatic rings. The average Bonchev–Trinajstić information content (AvgIpc) is 3.05. The van der Waals surface area contributed by atoms with Gasteiger partial charge in [0, 0.05) is 7.11 Å². The van der Waals surface area contributed by atoms with E-state index in [1.165, 1.54) is 5.39 Å². The van der Waals surface area contributed by atoms with Gasteiger partial charge in [-0.3, -0.25) is 0 Å². The van der Waals surface area contributed by atoms with Gasteiger partial charge in [0.05, 0.1) is 6.61 Å². The lowest BCUT2D eigenvalue weighted by molar-refractivity contribution is -0.0340. The molecule has 0 bridgehead atoms. The molecule has 1 heterocycles. The molecule has 28 heavy (non-hydrogen) atoms. The second-order valence-electron chi connectivity index (χ2n) is 5.78. The molecule has 2 aromatic rings. The Hall–Kier alpha value is -1.46. The summed E-state index contributed by atoms with van der Waals surface area (Å²) in [4.78, 5) is 0. The van der Waals surface area contributed by atoms with Gasteiger partial charge in [-0.25, -0.2) is 0 Å². The predicted molar refractivity (Wildman–Crippen MR) is 119 cm³/mol. The zero-order valence-corrected chi connectivity index (χ0v) is 18.9. The number of aryl methyl sites for hydroxylation is 1. The molecule has 4 nitrogen and oxygen atoms in total. The largest absolute Gasteiger partial charge is 0.387 e. The third-order valence-corrected chi connectivity index (χ3v) is 4.39. The zero-order chi connectivity index (χ0) is 21.7. The lowest BCUT2D eigenvalue weighted by atomic mass is 9.93. The van der Waals surface area contributed by atoms with Crippen LogP contribution in [0.3, 0.4) is 0 Å². The van der Waals surface area contributed by atoms with Gasteiger partial charge in [0.25, 0.3) is 0 Å². The van der Waals surface area contributed by atoms with Crippen molar-refractivity contribution in [2.24, 2.45) is 0 Å². The lowest BCUT2D eigenvalue weighted by Gasteiger charge is -2.19. The Balaban J connectivity index is 0.00000111. The van der Waals surface area contributed by atoms with E-state index < -0.39 is 24.4 Å². The number of fused-ring (bicyclic) bond motifs is 1. The standard InChI is InChI=1S/C18H22O4.3C2H6/c1-3-11-8-12-6-4-5-7-13(12)9-14(11)18-17(20)16(19)15(22-18)10-21-2;3*1-2/h4-9,15-20H,3,10H2,1-2H3;3*1-2H3/t15-,16?,17?,18?;;;/m1.../s1. The van der Waals surface area contributed by atoms with Crippen molar-refractivity contribution in [3.8, 4) is 0 Å². The number of hydrogen-bond acceptors (Lipinski definition) is 4. The first-order valence-corrected chi connectivity index (χ1v) is 10.7. The van der Waals surface area contributed by atoms with Crippen LogP contribution in [0.5, 0.6) is 0 Å². The van der Waals surface area contributed by atoms with E-state index in [0.717, 1.165) is 22.9 Å². The molecule has 160 valence electrons. The maximum absolute atomic E-state index is 10.4. The van der Waals surface area contributed by atoms with Crippen molar-refractivity contribution in [1.82, 2.24) is 0 Å². The number of methoxy groups -OCH3 is 1. The van der Waals surface area contributed by atoms with Crippen LogP contribution in [0, 0.1) is 0 Å². The molecule has 3 unspecified atom stereocenters. The summed E-state index contributed by atoms with van der Waals surface area (Å²) in [5.74, 6) is 0. The van der Waals surface area contributed by atoms with Gasteiger partial charge in [-0.1, -0.05) is 78.8 Å². The SMILES string of the molecule is CC.CC.CC.CCc1cc2ccccc2cc1C1O[C@H](COC)C(O)C1O. The van der Waals surface area contributed by atoms with E-state index in [4.69, 9.17) is 9.47 Å². The van der Waals surface area contributed by atoms with Gasteiger partial charge in [0.1, 0.15) is 24.4 Å². The third-order valence-electron chi connectivity index (χ3n) is 4.39. The van der Waals surface area contributed by atoms with Crippen molar-refractivity contribution in [1.29, 1.82) is 0 Å². The van der Waals surface area contributed by atoms with Crippen molar-refractivity contribution in [3.05, 3.63) is 47.5 Å². The molecule has 1 fully saturated rings. The molecule has 1 aliphatic heterocycles. The highest BCUT2D eigenvalue weighted by Crippen LogP contribution is 2.37. The van der Waals surface area contributed by atoms with Gasteiger partial charge >= 0.3 is 0 Å². The Kier molecular flexibility index (Phi) is 13.8. The molecule has 3 rings (SSSR count). The molecule has 0 spiro atoms. The lowest BCUT2D eigenvalue weighted by Crippen LogP contribution is -2.33. The molecule has 2 aromatic carbocycles. The zero-order valence-electron chi connectivity index (χ0n) is 18.9. The van der Waals surface area contributed by atoms with Crippen LogP contribution in [-0.2, 0) is 15.9 Å². The van der Waals surface area contributed by atoms with E-state index in [1.807, 2.05) is 59.7 Å². The van der Waals surface area contributed by atoms with Crippen LogP contribution in [0.15, 0.2) is 36.4 Å². The summed E-state index contributed by atoms with van der Waals surface area (Å²) in [6.45, 7) is 14.3. The Morgan fingerprint density at radius 1 is 0.893 bits per heavy atom. The van der Waals surface area contributed by atoms with Crippen LogP contribution in [0.1, 0.15) is 65.7 Å². The second kappa shape index (κ2) is 14.5. The monoisotopic (exact) mass is 392 g/mol. The fraction of sp³-hybridized carbons (Fsp3) is 0.583. The number of aliphatic hydroxyl groups is 2. The number of rotatable bonds is 4. The van der Waals surface area contributed by atoms with Gasteiger partial charge in [-0.05, 0) is 34.4 Å². The molecular weight excluding hydrogens is 352 g/mol. The Bertz CT molecular complexity index is 656. The first-order chi connectivity index (χ1) is 13.7. The highest BCUT2D eigenvalue weighted by molar-refractivity contribution is 5.84. The maximum Gasteiger partial charge on any atom is 0.113 e. The Morgan fingerprint density at radius 3 is 1.93 bits per heavy atom. The normalized spacial score (nSPS) is 22.9. The molecule has 1 saturated heterocycles. The summed E-state index contributed by atoms with van der Waals surface area (Å²) < 4.78 is 10.9. The molecule has 0 aliphatic carbocycles. The summed E-state index contributed by atoms with van der Waals surface area (Å²) in [7, 11) is 1.56. The van der Waals surface area contributed by atoms with Crippen molar-refractivity contribution < 1.29 is 19.7 Å². The van der Waals surface area contributed by atoms with Gasteiger partial charge < -0.3 is 19.7 Å².